The van der Waals surface area contributed by atoms with Gasteiger partial charge in [0.1, 0.15) is 0 Å². The molecule has 0 spiro atoms. The number of furan rings is 1. The summed E-state index contributed by atoms with van der Waals surface area (Å²) in [6, 6.07) is 1.80. The average Bonchev–Trinajstić information content (AvgIpc) is 2.62. The highest BCUT2D eigenvalue weighted by Crippen LogP contribution is 2.18. The zero-order chi connectivity index (χ0) is 12.1. The highest BCUT2D eigenvalue weighted by molar-refractivity contribution is 9.10. The molecular weight excluding hydrogens is 338 g/mol. The van der Waals surface area contributed by atoms with Crippen LogP contribution in [0.4, 0.5) is 0 Å². The Morgan fingerprint density at radius 2 is 2.25 bits per heavy atom. The maximum atomic E-state index is 11.9. The molecular formula is C11H15Br2NO2. The minimum atomic E-state index is -0.106. The van der Waals surface area contributed by atoms with Gasteiger partial charge in [0.05, 0.1) is 11.8 Å². The minimum absolute atomic E-state index is 0.106. The number of nitrogens with one attached hydrogen (secondary N) is 1. The fraction of sp³-hybridized carbons (Fsp3) is 0.545. The molecule has 1 heterocycles. The number of hydrogen-bond donors (Lipinski definition) is 1. The molecule has 0 saturated heterocycles. The summed E-state index contributed by atoms with van der Waals surface area (Å²) < 4.78 is 5.50. The van der Waals surface area contributed by atoms with Crippen molar-refractivity contribution in [2.45, 2.75) is 26.3 Å². The van der Waals surface area contributed by atoms with Gasteiger partial charge < -0.3 is 9.73 Å². The first-order chi connectivity index (χ1) is 7.54. The van der Waals surface area contributed by atoms with Gasteiger partial charge in [0.15, 0.2) is 4.67 Å². The van der Waals surface area contributed by atoms with Crippen molar-refractivity contribution in [1.29, 1.82) is 0 Å². The van der Waals surface area contributed by atoms with Gasteiger partial charge in [-0.2, -0.15) is 0 Å². The van der Waals surface area contributed by atoms with E-state index in [0.29, 0.717) is 16.2 Å². The zero-order valence-corrected chi connectivity index (χ0v) is 12.5. The molecule has 5 heteroatoms. The molecule has 1 aromatic rings. The molecule has 1 aromatic heterocycles. The van der Waals surface area contributed by atoms with Crippen molar-refractivity contribution in [3.8, 4) is 0 Å². The van der Waals surface area contributed by atoms with Gasteiger partial charge in [-0.15, -0.1) is 0 Å². The number of halogens is 2. The largest absolute Gasteiger partial charge is 0.457 e. The maximum Gasteiger partial charge on any atom is 0.256 e. The van der Waals surface area contributed by atoms with Gasteiger partial charge in [-0.25, -0.2) is 0 Å². The number of carbonyl (C=O) groups excluding carboxylic acids is 1. The molecule has 0 aliphatic carbocycles. The van der Waals surface area contributed by atoms with Crippen molar-refractivity contribution in [3.05, 3.63) is 22.6 Å². The maximum absolute atomic E-state index is 11.9. The van der Waals surface area contributed by atoms with Crippen molar-refractivity contribution in [2.75, 3.05) is 5.33 Å². The molecule has 0 fully saturated rings. The summed E-state index contributed by atoms with van der Waals surface area (Å²) in [6.45, 7) is 4.27. The van der Waals surface area contributed by atoms with Crippen molar-refractivity contribution in [3.63, 3.8) is 0 Å². The molecule has 0 aromatic carbocycles. The zero-order valence-electron chi connectivity index (χ0n) is 9.30. The van der Waals surface area contributed by atoms with Crippen LogP contribution in [0.5, 0.6) is 0 Å². The summed E-state index contributed by atoms with van der Waals surface area (Å²) in [5, 5.41) is 3.72. The van der Waals surface area contributed by atoms with Crippen LogP contribution in [0, 0.1) is 5.92 Å². The van der Waals surface area contributed by atoms with E-state index in [9.17, 15) is 4.79 Å². The Labute approximate surface area is 112 Å². The Morgan fingerprint density at radius 3 is 2.69 bits per heavy atom. The predicted octanol–water partition coefficient (Wildman–Crippen LogP) is 3.58. The van der Waals surface area contributed by atoms with E-state index >= 15 is 0 Å². The second-order valence-corrected chi connectivity index (χ2v) is 5.43. The van der Waals surface area contributed by atoms with Crippen molar-refractivity contribution < 1.29 is 9.21 Å². The van der Waals surface area contributed by atoms with Crippen LogP contribution in [0.3, 0.4) is 0 Å². The third-order valence-electron chi connectivity index (χ3n) is 2.14. The fourth-order valence-corrected chi connectivity index (χ4v) is 2.29. The highest BCUT2D eigenvalue weighted by atomic mass is 79.9. The number of amides is 1. The van der Waals surface area contributed by atoms with E-state index < -0.39 is 0 Å². The lowest BCUT2D eigenvalue weighted by Crippen LogP contribution is -2.37. The molecule has 0 saturated carbocycles. The molecule has 90 valence electrons. The van der Waals surface area contributed by atoms with Gasteiger partial charge >= 0.3 is 0 Å². The normalized spacial score (nSPS) is 12.8. The summed E-state index contributed by atoms with van der Waals surface area (Å²) in [6.07, 6.45) is 2.44. The lowest BCUT2D eigenvalue weighted by Gasteiger charge is -2.17. The van der Waals surface area contributed by atoms with Crippen LogP contribution in [0.2, 0.25) is 0 Å². The number of carbonyl (C=O) groups is 1. The van der Waals surface area contributed by atoms with Crippen LogP contribution in [0.15, 0.2) is 21.4 Å². The van der Waals surface area contributed by atoms with Crippen molar-refractivity contribution in [1.82, 2.24) is 5.32 Å². The SMILES string of the molecule is CC(C)CC(CBr)NC(=O)c1ccoc1Br. The molecule has 16 heavy (non-hydrogen) atoms. The average molecular weight is 353 g/mol. The number of rotatable bonds is 5. The summed E-state index contributed by atoms with van der Waals surface area (Å²) in [7, 11) is 0. The Kier molecular flexibility index (Phi) is 5.55. The molecule has 0 radical (unpaired) electrons. The van der Waals surface area contributed by atoms with E-state index in [-0.39, 0.29) is 11.9 Å². The van der Waals surface area contributed by atoms with E-state index in [4.69, 9.17) is 4.42 Å². The first kappa shape index (κ1) is 13.8. The summed E-state index contributed by atoms with van der Waals surface area (Å²) in [5.41, 5.74) is 0.537. The lowest BCUT2D eigenvalue weighted by molar-refractivity contribution is 0.0935. The first-order valence-electron chi connectivity index (χ1n) is 5.14. The molecule has 0 aliphatic heterocycles. The van der Waals surface area contributed by atoms with Gasteiger partial charge in [-0.1, -0.05) is 29.8 Å². The standard InChI is InChI=1S/C11H15Br2NO2/c1-7(2)5-8(6-12)14-11(15)9-3-4-16-10(9)13/h3-4,7-8H,5-6H2,1-2H3,(H,14,15). The van der Waals surface area contributed by atoms with Crippen LogP contribution in [0.1, 0.15) is 30.6 Å². The van der Waals surface area contributed by atoms with E-state index in [2.05, 4.69) is 51.0 Å². The Balaban J connectivity index is 2.59. The van der Waals surface area contributed by atoms with Gasteiger partial charge in [0.25, 0.3) is 5.91 Å². The smallest absolute Gasteiger partial charge is 0.256 e. The van der Waals surface area contributed by atoms with Crippen LogP contribution in [-0.2, 0) is 0 Å². The monoisotopic (exact) mass is 351 g/mol. The second kappa shape index (κ2) is 6.45. The molecule has 0 bridgehead atoms. The number of hydrogen-bond acceptors (Lipinski definition) is 2. The van der Waals surface area contributed by atoms with Crippen molar-refractivity contribution in [2.24, 2.45) is 5.92 Å². The molecule has 1 atom stereocenters. The fourth-order valence-electron chi connectivity index (χ4n) is 1.45. The molecule has 1 amide bonds. The van der Waals surface area contributed by atoms with Gasteiger partial charge in [0, 0.05) is 11.4 Å². The Morgan fingerprint density at radius 1 is 1.56 bits per heavy atom. The van der Waals surface area contributed by atoms with Gasteiger partial charge in [0.2, 0.25) is 0 Å². The lowest BCUT2D eigenvalue weighted by atomic mass is 10.1. The first-order valence-corrected chi connectivity index (χ1v) is 7.05. The molecule has 1 unspecified atom stereocenters. The Bertz CT molecular complexity index is 350. The summed E-state index contributed by atoms with van der Waals surface area (Å²) in [5.74, 6) is 0.446. The quantitative estimate of drug-likeness (QED) is 0.823. The van der Waals surface area contributed by atoms with E-state index in [1.807, 2.05) is 0 Å². The highest BCUT2D eigenvalue weighted by Gasteiger charge is 2.17. The molecule has 3 nitrogen and oxygen atoms in total. The molecule has 0 aliphatic rings. The van der Waals surface area contributed by atoms with Crippen LogP contribution < -0.4 is 5.32 Å². The molecule has 1 rings (SSSR count). The second-order valence-electron chi connectivity index (χ2n) is 4.06. The summed E-state index contributed by atoms with van der Waals surface area (Å²) >= 11 is 6.60. The molecule has 1 N–H and O–H groups in total. The van der Waals surface area contributed by atoms with Crippen LogP contribution >= 0.6 is 31.9 Å². The predicted molar refractivity (Wildman–Crippen MR) is 70.9 cm³/mol. The topological polar surface area (TPSA) is 42.2 Å². The van der Waals surface area contributed by atoms with Crippen LogP contribution in [0.25, 0.3) is 0 Å². The van der Waals surface area contributed by atoms with Crippen LogP contribution in [-0.4, -0.2) is 17.3 Å². The van der Waals surface area contributed by atoms with Crippen molar-refractivity contribution >= 4 is 37.8 Å². The van der Waals surface area contributed by atoms with E-state index in [1.165, 1.54) is 6.26 Å². The van der Waals surface area contributed by atoms with E-state index in [0.717, 1.165) is 11.8 Å². The van der Waals surface area contributed by atoms with E-state index in [1.54, 1.807) is 6.07 Å². The Hall–Kier alpha value is -0.290. The van der Waals surface area contributed by atoms with Gasteiger partial charge in [-0.05, 0) is 34.3 Å². The third-order valence-corrected chi connectivity index (χ3v) is 3.54. The third kappa shape index (κ3) is 3.94. The summed E-state index contributed by atoms with van der Waals surface area (Å²) in [4.78, 5) is 11.9. The van der Waals surface area contributed by atoms with Gasteiger partial charge in [-0.3, -0.25) is 4.79 Å². The number of alkyl halides is 1. The minimum Gasteiger partial charge on any atom is -0.457 e.